The fourth-order valence-corrected chi connectivity index (χ4v) is 3.43. The van der Waals surface area contributed by atoms with Crippen LogP contribution >= 0.6 is 23.4 Å². The number of aryl methyl sites for hydroxylation is 2. The molecule has 1 heterocycles. The van der Waals surface area contributed by atoms with Crippen molar-refractivity contribution in [2.24, 2.45) is 7.05 Å². The van der Waals surface area contributed by atoms with Crippen molar-refractivity contribution in [1.82, 2.24) is 14.8 Å². The zero-order valence-electron chi connectivity index (χ0n) is 16.2. The molecule has 29 heavy (non-hydrogen) atoms. The van der Waals surface area contributed by atoms with Gasteiger partial charge in [0.1, 0.15) is 18.2 Å². The number of carbonyl (C=O) groups excluding carboxylic acids is 1. The Kier molecular flexibility index (Phi) is 6.76. The molecule has 6 nitrogen and oxygen atoms in total. The number of anilines is 1. The number of benzene rings is 2. The number of ether oxygens (including phenoxy) is 1. The Hall–Kier alpha value is -2.58. The highest BCUT2D eigenvalue weighted by Gasteiger charge is 2.13. The van der Waals surface area contributed by atoms with Crippen LogP contribution in [0.4, 0.5) is 10.1 Å². The fourth-order valence-electron chi connectivity index (χ4n) is 2.59. The van der Waals surface area contributed by atoms with Crippen molar-refractivity contribution in [3.63, 3.8) is 0 Å². The van der Waals surface area contributed by atoms with E-state index in [4.69, 9.17) is 16.3 Å². The van der Waals surface area contributed by atoms with E-state index in [-0.39, 0.29) is 24.1 Å². The van der Waals surface area contributed by atoms with E-state index in [2.05, 4.69) is 15.5 Å². The van der Waals surface area contributed by atoms with Crippen molar-refractivity contribution >= 4 is 35.0 Å². The third-order valence-corrected chi connectivity index (χ3v) is 5.78. The molecule has 0 aliphatic rings. The fraction of sp³-hybridized carbons (Fsp3) is 0.250. The molecule has 0 fully saturated rings. The average Bonchev–Trinajstić information content (AvgIpc) is 3.04. The van der Waals surface area contributed by atoms with Crippen molar-refractivity contribution in [1.29, 1.82) is 0 Å². The third-order valence-electron chi connectivity index (χ3n) is 4.16. The van der Waals surface area contributed by atoms with Gasteiger partial charge in [0.2, 0.25) is 5.91 Å². The van der Waals surface area contributed by atoms with Gasteiger partial charge in [-0.15, -0.1) is 10.2 Å². The van der Waals surface area contributed by atoms with Gasteiger partial charge in [-0.2, -0.15) is 0 Å². The standard InChI is InChI=1S/C20H20ClFN4O2S/c1-12-8-16(9-13(2)19(12)21)28-10-17-24-25-20(26(17)3)29-11-18(27)23-15-6-4-14(22)5-7-15/h4-9H,10-11H2,1-3H3,(H,23,27). The third kappa shape index (κ3) is 5.48. The Morgan fingerprint density at radius 1 is 1.21 bits per heavy atom. The number of amides is 1. The van der Waals surface area contributed by atoms with Crippen LogP contribution in [0.15, 0.2) is 41.6 Å². The molecule has 1 N–H and O–H groups in total. The molecule has 152 valence electrons. The molecule has 2 aromatic carbocycles. The molecule has 0 aliphatic carbocycles. The summed E-state index contributed by atoms with van der Waals surface area (Å²) in [5.41, 5.74) is 2.43. The zero-order chi connectivity index (χ0) is 21.0. The maximum absolute atomic E-state index is 12.9. The summed E-state index contributed by atoms with van der Waals surface area (Å²) in [5.74, 6) is 0.932. The first-order valence-corrected chi connectivity index (χ1v) is 10.2. The minimum atomic E-state index is -0.352. The van der Waals surface area contributed by atoms with Gasteiger partial charge >= 0.3 is 0 Å². The molecule has 0 aliphatic heterocycles. The smallest absolute Gasteiger partial charge is 0.234 e. The molecule has 0 spiro atoms. The second-order valence-electron chi connectivity index (χ2n) is 6.46. The molecule has 0 bridgehead atoms. The lowest BCUT2D eigenvalue weighted by Gasteiger charge is -2.10. The predicted molar refractivity (Wildman–Crippen MR) is 112 cm³/mol. The molecule has 0 unspecified atom stereocenters. The molecule has 3 rings (SSSR count). The van der Waals surface area contributed by atoms with Gasteiger partial charge in [-0.3, -0.25) is 4.79 Å². The Morgan fingerprint density at radius 2 is 1.86 bits per heavy atom. The van der Waals surface area contributed by atoms with Gasteiger partial charge in [0, 0.05) is 17.8 Å². The van der Waals surface area contributed by atoms with Gasteiger partial charge in [-0.1, -0.05) is 23.4 Å². The van der Waals surface area contributed by atoms with Crippen molar-refractivity contribution in [2.75, 3.05) is 11.1 Å². The summed E-state index contributed by atoms with van der Waals surface area (Å²) in [7, 11) is 1.82. The first-order valence-electron chi connectivity index (χ1n) is 8.79. The van der Waals surface area contributed by atoms with E-state index in [1.165, 1.54) is 36.0 Å². The quantitative estimate of drug-likeness (QED) is 0.553. The Morgan fingerprint density at radius 3 is 2.52 bits per heavy atom. The number of carbonyl (C=O) groups is 1. The number of nitrogens with one attached hydrogen (secondary N) is 1. The van der Waals surface area contributed by atoms with Crippen LogP contribution < -0.4 is 10.1 Å². The van der Waals surface area contributed by atoms with E-state index in [0.29, 0.717) is 22.4 Å². The number of hydrogen-bond acceptors (Lipinski definition) is 5. The second-order valence-corrected chi connectivity index (χ2v) is 7.78. The minimum absolute atomic E-state index is 0.153. The van der Waals surface area contributed by atoms with Crippen LogP contribution in [0.5, 0.6) is 5.75 Å². The van der Waals surface area contributed by atoms with E-state index in [0.717, 1.165) is 16.1 Å². The highest BCUT2D eigenvalue weighted by Crippen LogP contribution is 2.26. The molecule has 0 saturated heterocycles. The Balaban J connectivity index is 1.55. The van der Waals surface area contributed by atoms with Crippen LogP contribution in [-0.4, -0.2) is 26.4 Å². The molecule has 9 heteroatoms. The Bertz CT molecular complexity index is 1000. The van der Waals surface area contributed by atoms with Crippen LogP contribution in [0.2, 0.25) is 5.02 Å². The second kappa shape index (κ2) is 9.28. The van der Waals surface area contributed by atoms with E-state index in [1.807, 2.05) is 33.0 Å². The molecule has 1 aromatic heterocycles. The van der Waals surface area contributed by atoms with E-state index < -0.39 is 0 Å². The highest BCUT2D eigenvalue weighted by atomic mass is 35.5. The van der Waals surface area contributed by atoms with Crippen molar-refractivity contribution in [3.8, 4) is 5.75 Å². The average molecular weight is 435 g/mol. The first-order chi connectivity index (χ1) is 13.8. The summed E-state index contributed by atoms with van der Waals surface area (Å²) < 4.78 is 20.5. The number of halogens is 2. The molecule has 1 amide bonds. The number of nitrogens with zero attached hydrogens (tertiary/aromatic N) is 3. The lowest BCUT2D eigenvalue weighted by atomic mass is 10.1. The van der Waals surface area contributed by atoms with Crippen molar-refractivity contribution in [2.45, 2.75) is 25.6 Å². The molecule has 0 saturated carbocycles. The van der Waals surface area contributed by atoms with Gasteiger partial charge in [0.15, 0.2) is 11.0 Å². The summed E-state index contributed by atoms with van der Waals surface area (Å²) in [6.07, 6.45) is 0. The summed E-state index contributed by atoms with van der Waals surface area (Å²) in [6, 6.07) is 9.36. The molecule has 0 radical (unpaired) electrons. The molecular weight excluding hydrogens is 415 g/mol. The van der Waals surface area contributed by atoms with Gasteiger partial charge in [-0.05, 0) is 61.4 Å². The van der Waals surface area contributed by atoms with E-state index in [9.17, 15) is 9.18 Å². The highest BCUT2D eigenvalue weighted by molar-refractivity contribution is 7.99. The largest absolute Gasteiger partial charge is 0.486 e. The van der Waals surface area contributed by atoms with Gasteiger partial charge < -0.3 is 14.6 Å². The SMILES string of the molecule is Cc1cc(OCc2nnc(SCC(=O)Nc3ccc(F)cc3)n2C)cc(C)c1Cl. The van der Waals surface area contributed by atoms with Crippen molar-refractivity contribution < 1.29 is 13.9 Å². The molecular formula is C20H20ClFN4O2S. The topological polar surface area (TPSA) is 69.0 Å². The summed E-state index contributed by atoms with van der Waals surface area (Å²) in [6.45, 7) is 4.10. The predicted octanol–water partition coefficient (Wildman–Crippen LogP) is 4.53. The maximum atomic E-state index is 12.9. The van der Waals surface area contributed by atoms with Gasteiger partial charge in [-0.25, -0.2) is 4.39 Å². The zero-order valence-corrected chi connectivity index (χ0v) is 17.8. The lowest BCUT2D eigenvalue weighted by Crippen LogP contribution is -2.14. The summed E-state index contributed by atoms with van der Waals surface area (Å²) in [5, 5.41) is 12.3. The van der Waals surface area contributed by atoms with Crippen LogP contribution in [0.1, 0.15) is 17.0 Å². The van der Waals surface area contributed by atoms with Crippen molar-refractivity contribution in [3.05, 3.63) is 64.2 Å². The van der Waals surface area contributed by atoms with E-state index in [1.54, 1.807) is 4.57 Å². The number of thioether (sulfide) groups is 1. The van der Waals surface area contributed by atoms with Gasteiger partial charge in [0.25, 0.3) is 0 Å². The van der Waals surface area contributed by atoms with Crippen LogP contribution in [0.25, 0.3) is 0 Å². The monoisotopic (exact) mass is 434 g/mol. The number of hydrogen-bond donors (Lipinski definition) is 1. The van der Waals surface area contributed by atoms with Crippen LogP contribution in [-0.2, 0) is 18.4 Å². The van der Waals surface area contributed by atoms with Crippen LogP contribution in [0.3, 0.4) is 0 Å². The summed E-state index contributed by atoms with van der Waals surface area (Å²) >= 11 is 7.44. The van der Waals surface area contributed by atoms with E-state index >= 15 is 0 Å². The number of rotatable bonds is 7. The normalized spacial score (nSPS) is 10.8. The molecule has 3 aromatic rings. The van der Waals surface area contributed by atoms with Crippen LogP contribution in [0, 0.1) is 19.7 Å². The van der Waals surface area contributed by atoms with Gasteiger partial charge in [0.05, 0.1) is 5.75 Å². The number of aromatic nitrogens is 3. The lowest BCUT2D eigenvalue weighted by molar-refractivity contribution is -0.113. The summed E-state index contributed by atoms with van der Waals surface area (Å²) in [4.78, 5) is 12.1. The maximum Gasteiger partial charge on any atom is 0.234 e. The minimum Gasteiger partial charge on any atom is -0.486 e. The first kappa shape index (κ1) is 21.1. The molecule has 0 atom stereocenters. The Labute approximate surface area is 177 Å².